The van der Waals surface area contributed by atoms with Gasteiger partial charge in [-0.2, -0.15) is 0 Å². The van der Waals surface area contributed by atoms with Crippen LogP contribution in [-0.4, -0.2) is 11.1 Å². The molecule has 0 spiro atoms. The van der Waals surface area contributed by atoms with Crippen molar-refractivity contribution in [3.63, 3.8) is 0 Å². The zero-order chi connectivity index (χ0) is 11.5. The van der Waals surface area contributed by atoms with Crippen molar-refractivity contribution in [2.45, 2.75) is 6.04 Å². The van der Waals surface area contributed by atoms with Crippen LogP contribution in [0.25, 0.3) is 10.4 Å². The highest BCUT2D eigenvalue weighted by molar-refractivity contribution is 7.15. The van der Waals surface area contributed by atoms with E-state index in [0.717, 1.165) is 10.4 Å². The largest absolute Gasteiger partial charge is 0.480 e. The van der Waals surface area contributed by atoms with Crippen molar-refractivity contribution in [3.05, 3.63) is 47.3 Å². The first kappa shape index (κ1) is 10.9. The van der Waals surface area contributed by atoms with Crippen LogP contribution in [0.5, 0.6) is 0 Å². The number of carboxylic acid groups (broad SMARTS) is 1. The lowest BCUT2D eigenvalue weighted by Gasteiger charge is -2.01. The fraction of sp³-hybridized carbons (Fsp3) is 0.0833. The van der Waals surface area contributed by atoms with E-state index < -0.39 is 12.0 Å². The minimum atomic E-state index is -0.999. The van der Waals surface area contributed by atoms with E-state index in [0.29, 0.717) is 4.88 Å². The van der Waals surface area contributed by atoms with E-state index in [2.05, 4.69) is 0 Å². The Morgan fingerprint density at radius 3 is 2.50 bits per heavy atom. The second-order valence-corrected chi connectivity index (χ2v) is 4.50. The number of hydrogen-bond acceptors (Lipinski definition) is 3. The molecule has 0 aliphatic heterocycles. The highest BCUT2D eigenvalue weighted by Gasteiger charge is 2.16. The number of aliphatic carboxylic acids is 1. The molecule has 3 N–H and O–H groups in total. The summed E-state index contributed by atoms with van der Waals surface area (Å²) in [5.74, 6) is -0.999. The van der Waals surface area contributed by atoms with Crippen LogP contribution < -0.4 is 5.73 Å². The summed E-state index contributed by atoms with van der Waals surface area (Å²) in [4.78, 5) is 12.4. The number of rotatable bonds is 3. The van der Waals surface area contributed by atoms with Gasteiger partial charge in [-0.05, 0) is 17.7 Å². The summed E-state index contributed by atoms with van der Waals surface area (Å²) >= 11 is 1.42. The summed E-state index contributed by atoms with van der Waals surface area (Å²) in [5.41, 5.74) is 6.62. The van der Waals surface area contributed by atoms with Gasteiger partial charge >= 0.3 is 5.97 Å². The molecule has 1 aromatic carbocycles. The predicted molar refractivity (Wildman–Crippen MR) is 64.3 cm³/mol. The van der Waals surface area contributed by atoms with E-state index in [9.17, 15) is 4.79 Å². The van der Waals surface area contributed by atoms with E-state index in [1.807, 2.05) is 36.4 Å². The minimum Gasteiger partial charge on any atom is -0.480 e. The summed E-state index contributed by atoms with van der Waals surface area (Å²) in [6.07, 6.45) is 0. The second kappa shape index (κ2) is 4.47. The van der Waals surface area contributed by atoms with Crippen molar-refractivity contribution in [2.24, 2.45) is 5.73 Å². The van der Waals surface area contributed by atoms with Gasteiger partial charge in [0.25, 0.3) is 0 Å². The monoisotopic (exact) mass is 233 g/mol. The van der Waals surface area contributed by atoms with E-state index in [4.69, 9.17) is 10.8 Å². The maximum Gasteiger partial charge on any atom is 0.325 e. The Balaban J connectivity index is 2.30. The lowest BCUT2D eigenvalue weighted by molar-refractivity contribution is -0.138. The first-order chi connectivity index (χ1) is 7.68. The van der Waals surface area contributed by atoms with Crippen LogP contribution in [0.4, 0.5) is 0 Å². The van der Waals surface area contributed by atoms with Crippen LogP contribution in [-0.2, 0) is 4.79 Å². The smallest absolute Gasteiger partial charge is 0.325 e. The lowest BCUT2D eigenvalue weighted by Crippen LogP contribution is -2.19. The molecule has 1 atom stereocenters. The molecule has 16 heavy (non-hydrogen) atoms. The average molecular weight is 233 g/mol. The molecule has 1 aromatic heterocycles. The van der Waals surface area contributed by atoms with Gasteiger partial charge in [0, 0.05) is 9.75 Å². The Morgan fingerprint density at radius 2 is 1.88 bits per heavy atom. The Kier molecular flexibility index (Phi) is 3.03. The van der Waals surface area contributed by atoms with Gasteiger partial charge in [-0.25, -0.2) is 0 Å². The van der Waals surface area contributed by atoms with Gasteiger partial charge in [-0.3, -0.25) is 4.79 Å². The molecule has 2 aromatic rings. The normalized spacial score (nSPS) is 12.3. The summed E-state index contributed by atoms with van der Waals surface area (Å²) in [6.45, 7) is 0. The number of thiophene rings is 1. The summed E-state index contributed by atoms with van der Waals surface area (Å²) in [5, 5.41) is 8.80. The summed E-state index contributed by atoms with van der Waals surface area (Å²) in [7, 11) is 0. The van der Waals surface area contributed by atoms with Crippen molar-refractivity contribution in [1.29, 1.82) is 0 Å². The standard InChI is InChI=1S/C12H11NO2S/c13-11(12(14)15)10-7-6-9(16-10)8-4-2-1-3-5-8/h1-7,11H,13H2,(H,14,15). The van der Waals surface area contributed by atoms with E-state index in [1.165, 1.54) is 11.3 Å². The molecule has 0 fully saturated rings. The van der Waals surface area contributed by atoms with Gasteiger partial charge in [-0.1, -0.05) is 30.3 Å². The molecule has 82 valence electrons. The maximum absolute atomic E-state index is 10.7. The molecule has 0 bridgehead atoms. The molecule has 0 saturated carbocycles. The molecule has 0 amide bonds. The molecule has 0 radical (unpaired) electrons. The maximum atomic E-state index is 10.7. The highest BCUT2D eigenvalue weighted by Crippen LogP contribution is 2.30. The molecule has 1 heterocycles. The highest BCUT2D eigenvalue weighted by atomic mass is 32.1. The van der Waals surface area contributed by atoms with Crippen LogP contribution in [0.3, 0.4) is 0 Å². The van der Waals surface area contributed by atoms with E-state index in [-0.39, 0.29) is 0 Å². The molecule has 2 rings (SSSR count). The van der Waals surface area contributed by atoms with Gasteiger partial charge in [0.1, 0.15) is 6.04 Å². The quantitative estimate of drug-likeness (QED) is 0.856. The van der Waals surface area contributed by atoms with Gasteiger partial charge in [0.05, 0.1) is 0 Å². The SMILES string of the molecule is NC(C(=O)O)c1ccc(-c2ccccc2)s1. The fourth-order valence-electron chi connectivity index (χ4n) is 1.40. The van der Waals surface area contributed by atoms with Crippen LogP contribution in [0.15, 0.2) is 42.5 Å². The number of hydrogen-bond donors (Lipinski definition) is 2. The molecular formula is C12H11NO2S. The van der Waals surface area contributed by atoms with Crippen LogP contribution in [0.2, 0.25) is 0 Å². The first-order valence-electron chi connectivity index (χ1n) is 4.82. The fourth-order valence-corrected chi connectivity index (χ4v) is 2.41. The van der Waals surface area contributed by atoms with Gasteiger partial charge < -0.3 is 10.8 Å². The van der Waals surface area contributed by atoms with Crippen LogP contribution >= 0.6 is 11.3 Å². The Morgan fingerprint density at radius 1 is 1.19 bits per heavy atom. The average Bonchev–Trinajstić information content (AvgIpc) is 2.78. The van der Waals surface area contributed by atoms with Crippen molar-refractivity contribution < 1.29 is 9.90 Å². The third kappa shape index (κ3) is 2.13. The Labute approximate surface area is 97.2 Å². The first-order valence-corrected chi connectivity index (χ1v) is 5.63. The molecule has 3 nitrogen and oxygen atoms in total. The minimum absolute atomic E-state index is 0.673. The molecule has 1 unspecified atom stereocenters. The second-order valence-electron chi connectivity index (χ2n) is 3.38. The Hall–Kier alpha value is -1.65. The molecule has 0 aliphatic rings. The number of carbonyl (C=O) groups is 1. The number of nitrogens with two attached hydrogens (primary N) is 1. The summed E-state index contributed by atoms with van der Waals surface area (Å²) < 4.78 is 0. The van der Waals surface area contributed by atoms with Crippen LogP contribution in [0, 0.1) is 0 Å². The topological polar surface area (TPSA) is 63.3 Å². The zero-order valence-electron chi connectivity index (χ0n) is 8.46. The van der Waals surface area contributed by atoms with Crippen LogP contribution in [0.1, 0.15) is 10.9 Å². The van der Waals surface area contributed by atoms with Crippen molar-refractivity contribution in [1.82, 2.24) is 0 Å². The molecular weight excluding hydrogens is 222 g/mol. The molecule has 0 saturated heterocycles. The van der Waals surface area contributed by atoms with Gasteiger partial charge in [-0.15, -0.1) is 11.3 Å². The summed E-state index contributed by atoms with van der Waals surface area (Å²) in [6, 6.07) is 12.6. The van der Waals surface area contributed by atoms with Crippen molar-refractivity contribution >= 4 is 17.3 Å². The molecule has 4 heteroatoms. The predicted octanol–water partition coefficient (Wildman–Crippen LogP) is 2.50. The number of benzene rings is 1. The Bertz CT molecular complexity index is 493. The molecule has 0 aliphatic carbocycles. The van der Waals surface area contributed by atoms with E-state index >= 15 is 0 Å². The van der Waals surface area contributed by atoms with Crippen molar-refractivity contribution in [3.8, 4) is 10.4 Å². The number of carboxylic acids is 1. The third-order valence-electron chi connectivity index (χ3n) is 2.26. The third-order valence-corrected chi connectivity index (χ3v) is 3.48. The van der Waals surface area contributed by atoms with Crippen molar-refractivity contribution in [2.75, 3.05) is 0 Å². The lowest BCUT2D eigenvalue weighted by atomic mass is 10.2. The van der Waals surface area contributed by atoms with Gasteiger partial charge in [0.15, 0.2) is 0 Å². The van der Waals surface area contributed by atoms with Gasteiger partial charge in [0.2, 0.25) is 0 Å². The van der Waals surface area contributed by atoms with E-state index in [1.54, 1.807) is 6.07 Å². The zero-order valence-corrected chi connectivity index (χ0v) is 9.28.